The number of amides is 3. The maximum atomic E-state index is 13.8. The average Bonchev–Trinajstić information content (AvgIpc) is 3.58. The lowest BCUT2D eigenvalue weighted by molar-refractivity contribution is -0.147. The summed E-state index contributed by atoms with van der Waals surface area (Å²) in [5.74, 6) is 0.470. The van der Waals surface area contributed by atoms with Crippen molar-refractivity contribution >= 4 is 17.7 Å². The Morgan fingerprint density at radius 1 is 1.17 bits per heavy atom. The van der Waals surface area contributed by atoms with Crippen LogP contribution in [0.4, 0.5) is 0 Å². The van der Waals surface area contributed by atoms with E-state index in [1.54, 1.807) is 35.4 Å². The number of oxazole rings is 1. The third-order valence-corrected chi connectivity index (χ3v) is 7.26. The van der Waals surface area contributed by atoms with Gasteiger partial charge in [0.05, 0.1) is 31.1 Å². The van der Waals surface area contributed by atoms with Crippen LogP contribution in [-0.2, 0) is 26.3 Å². The predicted molar refractivity (Wildman–Crippen MR) is 150 cm³/mol. The fourth-order valence-corrected chi connectivity index (χ4v) is 5.06. The summed E-state index contributed by atoms with van der Waals surface area (Å²) < 4.78 is 17.1. The fourth-order valence-electron chi connectivity index (χ4n) is 5.06. The van der Waals surface area contributed by atoms with E-state index in [0.717, 1.165) is 5.76 Å². The zero-order valence-electron chi connectivity index (χ0n) is 24.6. The van der Waals surface area contributed by atoms with Crippen LogP contribution in [0.5, 0.6) is 5.75 Å². The second-order valence-electron chi connectivity index (χ2n) is 12.1. The van der Waals surface area contributed by atoms with Gasteiger partial charge in [-0.2, -0.15) is 0 Å². The van der Waals surface area contributed by atoms with E-state index < -0.39 is 24.1 Å². The summed E-state index contributed by atoms with van der Waals surface area (Å²) in [5.41, 5.74) is 0.0668. The van der Waals surface area contributed by atoms with Crippen LogP contribution in [0.2, 0.25) is 0 Å². The molecule has 11 nitrogen and oxygen atoms in total. The molecule has 41 heavy (non-hydrogen) atoms. The molecule has 3 amide bonds. The number of hydrogen-bond donors (Lipinski definition) is 2. The zero-order valence-corrected chi connectivity index (χ0v) is 24.6. The average molecular weight is 571 g/mol. The number of para-hydroxylation sites is 1. The number of carbonyl (C=O) groups excluding carboxylic acids is 3. The molecule has 0 radical (unpaired) electrons. The molecule has 2 saturated heterocycles. The highest BCUT2D eigenvalue weighted by atomic mass is 16.5. The molecular weight excluding hydrogens is 528 g/mol. The normalized spacial score (nSPS) is 20.3. The maximum absolute atomic E-state index is 13.8. The first-order valence-corrected chi connectivity index (χ1v) is 14.3. The number of benzene rings is 1. The van der Waals surface area contributed by atoms with Crippen LogP contribution in [0.15, 0.2) is 34.9 Å². The van der Waals surface area contributed by atoms with Crippen molar-refractivity contribution in [1.82, 2.24) is 20.1 Å². The van der Waals surface area contributed by atoms with Crippen molar-refractivity contribution in [3.05, 3.63) is 47.7 Å². The number of carbonyl (C=O) groups is 3. The van der Waals surface area contributed by atoms with E-state index in [0.29, 0.717) is 44.4 Å². The molecule has 0 saturated carbocycles. The van der Waals surface area contributed by atoms with Gasteiger partial charge in [0.2, 0.25) is 17.7 Å². The third-order valence-electron chi connectivity index (χ3n) is 7.26. The van der Waals surface area contributed by atoms with Gasteiger partial charge in [0, 0.05) is 31.5 Å². The standard InChI is InChI=1S/C30H42N4O7/c1-19(2)14-22(28(37)34-17-20(35)15-23(34)29(38)33-10-12-39-13-11-33)32-27(36)21-8-6-7-9-24(21)40-18-26-31-16-25(41-26)30(3,4)5/h6-9,16,19-20,22-23,35H,10-15,17-18H2,1-5H3,(H,32,36)/t20-,22+,23+/m0/s1. The molecule has 2 aromatic rings. The first-order chi connectivity index (χ1) is 19.4. The minimum atomic E-state index is -0.887. The van der Waals surface area contributed by atoms with Crippen LogP contribution in [0.25, 0.3) is 0 Å². The lowest BCUT2D eigenvalue weighted by atomic mass is 9.94. The van der Waals surface area contributed by atoms with Crippen LogP contribution in [-0.4, -0.2) is 88.6 Å². The number of nitrogens with one attached hydrogen (secondary N) is 1. The number of aliphatic hydroxyl groups is 1. The Balaban J connectivity index is 1.48. The Bertz CT molecular complexity index is 1220. The first kappa shape index (κ1) is 30.5. The van der Waals surface area contributed by atoms with E-state index in [9.17, 15) is 19.5 Å². The van der Waals surface area contributed by atoms with Gasteiger partial charge in [0.15, 0.2) is 6.61 Å². The molecule has 4 rings (SSSR count). The molecule has 2 aliphatic rings. The van der Waals surface area contributed by atoms with Gasteiger partial charge in [-0.1, -0.05) is 46.8 Å². The van der Waals surface area contributed by atoms with Gasteiger partial charge in [-0.15, -0.1) is 0 Å². The van der Waals surface area contributed by atoms with Gasteiger partial charge < -0.3 is 34.1 Å². The lowest BCUT2D eigenvalue weighted by Crippen LogP contribution is -2.55. The number of hydrogen-bond acceptors (Lipinski definition) is 8. The highest BCUT2D eigenvalue weighted by Gasteiger charge is 2.43. The number of likely N-dealkylation sites (tertiary alicyclic amines) is 1. The zero-order chi connectivity index (χ0) is 29.7. The second-order valence-corrected chi connectivity index (χ2v) is 12.1. The van der Waals surface area contributed by atoms with Crippen molar-refractivity contribution < 1.29 is 33.4 Å². The van der Waals surface area contributed by atoms with Crippen LogP contribution in [0, 0.1) is 5.92 Å². The molecule has 0 spiro atoms. The van der Waals surface area contributed by atoms with Gasteiger partial charge in [-0.25, -0.2) is 4.98 Å². The number of ether oxygens (including phenoxy) is 2. The number of morpholine rings is 1. The minimum absolute atomic E-state index is 0.0335. The maximum Gasteiger partial charge on any atom is 0.255 e. The van der Waals surface area contributed by atoms with Gasteiger partial charge >= 0.3 is 0 Å². The van der Waals surface area contributed by atoms with Gasteiger partial charge in [-0.3, -0.25) is 14.4 Å². The highest BCUT2D eigenvalue weighted by Crippen LogP contribution is 2.26. The van der Waals surface area contributed by atoms with Crippen LogP contribution in [0.1, 0.15) is 69.5 Å². The van der Waals surface area contributed by atoms with E-state index in [-0.39, 0.29) is 48.3 Å². The monoisotopic (exact) mass is 570 g/mol. The molecule has 3 heterocycles. The largest absolute Gasteiger partial charge is 0.483 e. The van der Waals surface area contributed by atoms with Gasteiger partial charge in [0.1, 0.15) is 23.6 Å². The van der Waals surface area contributed by atoms with E-state index in [1.807, 2.05) is 34.6 Å². The fraction of sp³-hybridized carbons (Fsp3) is 0.600. The summed E-state index contributed by atoms with van der Waals surface area (Å²) in [6.07, 6.45) is 1.39. The number of aromatic nitrogens is 1. The summed E-state index contributed by atoms with van der Waals surface area (Å²) in [4.78, 5) is 48.0. The van der Waals surface area contributed by atoms with Crippen LogP contribution >= 0.6 is 0 Å². The number of aliphatic hydroxyl groups excluding tert-OH is 1. The molecular formula is C30H42N4O7. The Morgan fingerprint density at radius 3 is 2.54 bits per heavy atom. The van der Waals surface area contributed by atoms with Crippen molar-refractivity contribution in [3.63, 3.8) is 0 Å². The third kappa shape index (κ3) is 7.65. The smallest absolute Gasteiger partial charge is 0.255 e. The molecule has 0 aliphatic carbocycles. The van der Waals surface area contributed by atoms with E-state index in [1.165, 1.54) is 4.90 Å². The van der Waals surface area contributed by atoms with E-state index >= 15 is 0 Å². The number of rotatable bonds is 9. The van der Waals surface area contributed by atoms with Crippen molar-refractivity contribution in [2.75, 3.05) is 32.8 Å². The van der Waals surface area contributed by atoms with Crippen molar-refractivity contribution in [2.45, 2.75) is 77.7 Å². The van der Waals surface area contributed by atoms with Crippen molar-refractivity contribution in [3.8, 4) is 5.75 Å². The van der Waals surface area contributed by atoms with Crippen LogP contribution < -0.4 is 10.1 Å². The summed E-state index contributed by atoms with van der Waals surface area (Å²) in [7, 11) is 0. The minimum Gasteiger partial charge on any atom is -0.483 e. The van der Waals surface area contributed by atoms with E-state index in [4.69, 9.17) is 13.9 Å². The summed E-state index contributed by atoms with van der Waals surface area (Å²) in [6.45, 7) is 11.8. The molecule has 2 aliphatic heterocycles. The summed E-state index contributed by atoms with van der Waals surface area (Å²) in [6, 6.07) is 5.11. The molecule has 224 valence electrons. The Hall–Kier alpha value is -3.44. The summed E-state index contributed by atoms with van der Waals surface area (Å²) in [5, 5.41) is 13.3. The number of β-amino-alcohol motifs (C(OH)–C–C–N with tert-alkyl or cyclic N) is 1. The van der Waals surface area contributed by atoms with Crippen molar-refractivity contribution in [2.24, 2.45) is 5.92 Å². The summed E-state index contributed by atoms with van der Waals surface area (Å²) >= 11 is 0. The molecule has 3 atom stereocenters. The Labute approximate surface area is 241 Å². The molecule has 2 N–H and O–H groups in total. The molecule has 0 unspecified atom stereocenters. The van der Waals surface area contributed by atoms with Gasteiger partial charge in [0.25, 0.3) is 5.91 Å². The van der Waals surface area contributed by atoms with E-state index in [2.05, 4.69) is 10.3 Å². The quantitative estimate of drug-likeness (QED) is 0.470. The van der Waals surface area contributed by atoms with Gasteiger partial charge in [-0.05, 0) is 24.5 Å². The molecule has 11 heteroatoms. The number of nitrogens with zero attached hydrogens (tertiary/aromatic N) is 3. The molecule has 0 bridgehead atoms. The lowest BCUT2D eigenvalue weighted by Gasteiger charge is -2.34. The Kier molecular flexibility index (Phi) is 9.70. The SMILES string of the molecule is CC(C)C[C@@H](NC(=O)c1ccccc1OCc1ncc(C(C)(C)C)o1)C(=O)N1C[C@@H](O)C[C@@H]1C(=O)N1CCOCC1. The highest BCUT2D eigenvalue weighted by molar-refractivity contribution is 6.00. The Morgan fingerprint density at radius 2 is 1.88 bits per heavy atom. The molecule has 2 fully saturated rings. The molecule has 1 aromatic carbocycles. The van der Waals surface area contributed by atoms with Crippen molar-refractivity contribution in [1.29, 1.82) is 0 Å². The van der Waals surface area contributed by atoms with Crippen LogP contribution in [0.3, 0.4) is 0 Å². The first-order valence-electron chi connectivity index (χ1n) is 14.3. The molecule has 1 aromatic heterocycles. The predicted octanol–water partition coefficient (Wildman–Crippen LogP) is 2.52. The second kappa shape index (κ2) is 13.0. The topological polar surface area (TPSA) is 134 Å².